The van der Waals surface area contributed by atoms with Gasteiger partial charge in [-0.2, -0.15) is 0 Å². The van der Waals surface area contributed by atoms with Crippen molar-refractivity contribution in [2.45, 2.75) is 19.3 Å². The Morgan fingerprint density at radius 3 is 2.55 bits per heavy atom. The number of hydrogen-bond acceptors (Lipinski definition) is 4. The number of ether oxygens (including phenoxy) is 2. The van der Waals surface area contributed by atoms with Crippen LogP contribution in [-0.4, -0.2) is 39.3 Å². The van der Waals surface area contributed by atoms with Crippen molar-refractivity contribution in [3.63, 3.8) is 0 Å². The molecule has 1 aromatic carbocycles. The Hall–Kier alpha value is -1.46. The van der Waals surface area contributed by atoms with Crippen molar-refractivity contribution >= 4 is 18.3 Å². The molecule has 0 radical (unpaired) electrons. The van der Waals surface area contributed by atoms with Crippen LogP contribution in [0.4, 0.5) is 0 Å². The predicted molar refractivity (Wildman–Crippen MR) is 89.0 cm³/mol. The number of hydrogen-bond donors (Lipinski definition) is 2. The number of amides is 1. The van der Waals surface area contributed by atoms with Crippen LogP contribution in [0.5, 0.6) is 11.5 Å². The molecule has 0 spiro atoms. The highest BCUT2D eigenvalue weighted by molar-refractivity contribution is 5.85. The van der Waals surface area contributed by atoms with Crippen molar-refractivity contribution in [1.82, 2.24) is 10.6 Å². The number of benzene rings is 1. The molecule has 0 unspecified atom stereocenters. The number of carbonyl (C=O) groups excluding carboxylic acids is 1. The minimum atomic E-state index is 0. The third kappa shape index (κ3) is 7.52. The van der Waals surface area contributed by atoms with Gasteiger partial charge in [0.15, 0.2) is 0 Å². The largest absolute Gasteiger partial charge is 0.497 e. The molecule has 6 heteroatoms. The highest BCUT2D eigenvalue weighted by Gasteiger charge is 2.20. The minimum absolute atomic E-state index is 0. The predicted octanol–water partition coefficient (Wildman–Crippen LogP) is 2.00. The Morgan fingerprint density at radius 1 is 1.23 bits per heavy atom. The van der Waals surface area contributed by atoms with Crippen molar-refractivity contribution in [3.05, 3.63) is 24.3 Å². The van der Waals surface area contributed by atoms with E-state index in [4.69, 9.17) is 9.47 Å². The zero-order valence-electron chi connectivity index (χ0n) is 13.0. The molecule has 2 N–H and O–H groups in total. The quantitative estimate of drug-likeness (QED) is 0.645. The molecule has 2 rings (SSSR count). The summed E-state index contributed by atoms with van der Waals surface area (Å²) in [7, 11) is 1.64. The number of methoxy groups -OCH3 is 1. The Balaban J connectivity index is 0.00000242. The third-order valence-corrected chi connectivity index (χ3v) is 3.39. The van der Waals surface area contributed by atoms with Crippen LogP contribution in [-0.2, 0) is 4.79 Å². The molecule has 1 amide bonds. The SMILES string of the molecule is COc1ccc(OCCCNC(=O)CNCC2CC2)cc1.Cl. The topological polar surface area (TPSA) is 59.6 Å². The zero-order valence-corrected chi connectivity index (χ0v) is 13.8. The van der Waals surface area contributed by atoms with E-state index >= 15 is 0 Å². The summed E-state index contributed by atoms with van der Waals surface area (Å²) in [6.07, 6.45) is 3.40. The minimum Gasteiger partial charge on any atom is -0.497 e. The van der Waals surface area contributed by atoms with Crippen molar-refractivity contribution < 1.29 is 14.3 Å². The van der Waals surface area contributed by atoms with Gasteiger partial charge < -0.3 is 20.1 Å². The lowest BCUT2D eigenvalue weighted by Gasteiger charge is -2.08. The summed E-state index contributed by atoms with van der Waals surface area (Å²) < 4.78 is 10.7. The molecule has 1 aliphatic carbocycles. The molecule has 1 fully saturated rings. The maximum Gasteiger partial charge on any atom is 0.233 e. The van der Waals surface area contributed by atoms with Crippen LogP contribution in [0.1, 0.15) is 19.3 Å². The van der Waals surface area contributed by atoms with E-state index in [1.807, 2.05) is 24.3 Å². The van der Waals surface area contributed by atoms with E-state index in [0.717, 1.165) is 30.4 Å². The van der Waals surface area contributed by atoms with Gasteiger partial charge in [0.05, 0.1) is 20.3 Å². The van der Waals surface area contributed by atoms with Crippen LogP contribution in [0, 0.1) is 5.92 Å². The molecule has 5 nitrogen and oxygen atoms in total. The monoisotopic (exact) mass is 328 g/mol. The number of halogens is 1. The normalized spacial score (nSPS) is 13.1. The number of rotatable bonds is 10. The van der Waals surface area contributed by atoms with Crippen molar-refractivity contribution in [1.29, 1.82) is 0 Å². The summed E-state index contributed by atoms with van der Waals surface area (Å²) in [4.78, 5) is 11.5. The van der Waals surface area contributed by atoms with Crippen LogP contribution >= 0.6 is 12.4 Å². The van der Waals surface area contributed by atoms with Gasteiger partial charge in [-0.25, -0.2) is 0 Å². The van der Waals surface area contributed by atoms with Crippen molar-refractivity contribution in [3.8, 4) is 11.5 Å². The Kier molecular flexibility index (Phi) is 8.70. The first-order valence-corrected chi connectivity index (χ1v) is 7.52. The average Bonchev–Trinajstić information content (AvgIpc) is 3.32. The van der Waals surface area contributed by atoms with E-state index in [1.165, 1.54) is 12.8 Å². The summed E-state index contributed by atoms with van der Waals surface area (Å²) in [5.41, 5.74) is 0. The van der Waals surface area contributed by atoms with E-state index in [1.54, 1.807) is 7.11 Å². The van der Waals surface area contributed by atoms with Gasteiger partial charge in [0.25, 0.3) is 0 Å². The standard InChI is InChI=1S/C16H24N2O3.ClH/c1-20-14-5-7-15(8-6-14)21-10-2-9-18-16(19)12-17-11-13-3-4-13;/h5-8,13,17H,2-4,9-12H2,1H3,(H,18,19);1H. The lowest BCUT2D eigenvalue weighted by molar-refractivity contribution is -0.120. The summed E-state index contributed by atoms with van der Waals surface area (Å²) in [5.74, 6) is 2.48. The molecule has 0 aliphatic heterocycles. The van der Waals surface area contributed by atoms with Crippen LogP contribution in [0.3, 0.4) is 0 Å². The van der Waals surface area contributed by atoms with Crippen LogP contribution in [0.15, 0.2) is 24.3 Å². The van der Waals surface area contributed by atoms with Gasteiger partial charge in [-0.05, 0) is 56.0 Å². The number of nitrogens with one attached hydrogen (secondary N) is 2. The fourth-order valence-corrected chi connectivity index (χ4v) is 1.94. The van der Waals surface area contributed by atoms with Gasteiger partial charge in [-0.15, -0.1) is 12.4 Å². The molecule has 0 bridgehead atoms. The van der Waals surface area contributed by atoms with E-state index in [0.29, 0.717) is 19.7 Å². The van der Waals surface area contributed by atoms with E-state index in [2.05, 4.69) is 10.6 Å². The Bertz CT molecular complexity index is 436. The highest BCUT2D eigenvalue weighted by Crippen LogP contribution is 2.27. The second-order valence-corrected chi connectivity index (χ2v) is 5.30. The fourth-order valence-electron chi connectivity index (χ4n) is 1.94. The van der Waals surface area contributed by atoms with Crippen LogP contribution < -0.4 is 20.1 Å². The molecule has 0 saturated heterocycles. The summed E-state index contributed by atoms with van der Waals surface area (Å²) >= 11 is 0. The van der Waals surface area contributed by atoms with Gasteiger partial charge in [-0.1, -0.05) is 0 Å². The maximum atomic E-state index is 11.5. The van der Waals surface area contributed by atoms with E-state index < -0.39 is 0 Å². The summed E-state index contributed by atoms with van der Waals surface area (Å²) in [6.45, 7) is 2.60. The van der Waals surface area contributed by atoms with Gasteiger partial charge in [-0.3, -0.25) is 4.79 Å². The smallest absolute Gasteiger partial charge is 0.233 e. The molecule has 1 aromatic rings. The van der Waals surface area contributed by atoms with Crippen LogP contribution in [0.25, 0.3) is 0 Å². The van der Waals surface area contributed by atoms with Gasteiger partial charge in [0.2, 0.25) is 5.91 Å². The molecule has 0 aromatic heterocycles. The molecule has 0 heterocycles. The van der Waals surface area contributed by atoms with Crippen molar-refractivity contribution in [2.24, 2.45) is 5.92 Å². The summed E-state index contributed by atoms with van der Waals surface area (Å²) in [6, 6.07) is 7.48. The Labute approximate surface area is 138 Å². The zero-order chi connectivity index (χ0) is 14.9. The third-order valence-electron chi connectivity index (χ3n) is 3.39. The first-order valence-electron chi connectivity index (χ1n) is 7.52. The average molecular weight is 329 g/mol. The van der Waals surface area contributed by atoms with Crippen LogP contribution in [0.2, 0.25) is 0 Å². The lowest BCUT2D eigenvalue weighted by atomic mass is 10.3. The lowest BCUT2D eigenvalue weighted by Crippen LogP contribution is -2.35. The first kappa shape index (κ1) is 18.6. The van der Waals surface area contributed by atoms with E-state index in [-0.39, 0.29) is 18.3 Å². The fraction of sp³-hybridized carbons (Fsp3) is 0.562. The second kappa shape index (κ2) is 10.3. The highest BCUT2D eigenvalue weighted by atomic mass is 35.5. The van der Waals surface area contributed by atoms with Gasteiger partial charge in [0.1, 0.15) is 11.5 Å². The molecule has 22 heavy (non-hydrogen) atoms. The molecule has 0 atom stereocenters. The molecule has 1 saturated carbocycles. The maximum absolute atomic E-state index is 11.5. The molecular weight excluding hydrogens is 304 g/mol. The van der Waals surface area contributed by atoms with E-state index in [9.17, 15) is 4.79 Å². The second-order valence-electron chi connectivity index (χ2n) is 5.30. The molecule has 1 aliphatic rings. The molecule has 124 valence electrons. The first-order chi connectivity index (χ1) is 10.3. The van der Waals surface area contributed by atoms with Gasteiger partial charge >= 0.3 is 0 Å². The Morgan fingerprint density at radius 2 is 1.91 bits per heavy atom. The number of carbonyl (C=O) groups is 1. The molecular formula is C16H25ClN2O3. The van der Waals surface area contributed by atoms with Gasteiger partial charge in [0, 0.05) is 6.54 Å². The summed E-state index contributed by atoms with van der Waals surface area (Å²) in [5, 5.41) is 6.05. The van der Waals surface area contributed by atoms with Crippen molar-refractivity contribution in [2.75, 3.05) is 33.4 Å².